The predicted octanol–water partition coefficient (Wildman–Crippen LogP) is 6.07. The van der Waals surface area contributed by atoms with E-state index < -0.39 is 0 Å². The maximum atomic E-state index is 5.55. The first-order valence-electron chi connectivity index (χ1n) is 9.78. The van der Waals surface area contributed by atoms with Gasteiger partial charge in [0.05, 0.1) is 11.0 Å². The van der Waals surface area contributed by atoms with E-state index in [9.17, 15) is 0 Å². The van der Waals surface area contributed by atoms with E-state index in [2.05, 4.69) is 64.5 Å². The van der Waals surface area contributed by atoms with E-state index in [0.717, 1.165) is 47.5 Å². The second-order valence-electron chi connectivity index (χ2n) is 8.41. The van der Waals surface area contributed by atoms with Crippen molar-refractivity contribution < 1.29 is 4.74 Å². The molecule has 1 aliphatic heterocycles. The van der Waals surface area contributed by atoms with Crippen molar-refractivity contribution in [3.8, 4) is 0 Å². The van der Waals surface area contributed by atoms with Crippen LogP contribution in [0.3, 0.4) is 0 Å². The number of rotatable bonds is 4. The van der Waals surface area contributed by atoms with Gasteiger partial charge in [-0.25, -0.2) is 4.98 Å². The van der Waals surface area contributed by atoms with Crippen LogP contribution in [-0.2, 0) is 16.7 Å². The summed E-state index contributed by atoms with van der Waals surface area (Å²) < 4.78 is 9.01. The Labute approximate surface area is 179 Å². The van der Waals surface area contributed by atoms with E-state index >= 15 is 0 Å². The van der Waals surface area contributed by atoms with Crippen LogP contribution in [0.1, 0.15) is 39.4 Å². The molecule has 1 aromatic carbocycles. The molecule has 0 amide bonds. The van der Waals surface area contributed by atoms with Gasteiger partial charge in [0.15, 0.2) is 0 Å². The smallest absolute Gasteiger partial charge is 0.115 e. The zero-order valence-electron chi connectivity index (χ0n) is 16.6. The lowest BCUT2D eigenvalue weighted by Gasteiger charge is -2.26. The van der Waals surface area contributed by atoms with E-state index in [0.29, 0.717) is 5.92 Å². The molecule has 1 saturated heterocycles. The van der Waals surface area contributed by atoms with Crippen molar-refractivity contribution in [2.45, 2.75) is 55.4 Å². The Balaban J connectivity index is 1.70. The molecule has 4 rings (SSSR count). The van der Waals surface area contributed by atoms with Gasteiger partial charge in [0.25, 0.3) is 0 Å². The highest BCUT2D eigenvalue weighted by atomic mass is 79.9. The molecule has 0 saturated carbocycles. The Morgan fingerprint density at radius 2 is 2.00 bits per heavy atom. The van der Waals surface area contributed by atoms with Gasteiger partial charge in [-0.05, 0) is 59.0 Å². The van der Waals surface area contributed by atoms with E-state index in [-0.39, 0.29) is 5.41 Å². The van der Waals surface area contributed by atoms with Gasteiger partial charge in [-0.15, -0.1) is 0 Å². The Kier molecular flexibility index (Phi) is 5.81. The predicted molar refractivity (Wildman–Crippen MR) is 118 cm³/mol. The highest BCUT2D eigenvalue weighted by Gasteiger charge is 2.25. The lowest BCUT2D eigenvalue weighted by molar-refractivity contribution is 0.0611. The van der Waals surface area contributed by atoms with Gasteiger partial charge in [0.2, 0.25) is 0 Å². The molecule has 1 aliphatic rings. The van der Waals surface area contributed by atoms with Crippen LogP contribution in [0.2, 0.25) is 0 Å². The molecule has 0 spiro atoms. The Morgan fingerprint density at radius 1 is 1.21 bits per heavy atom. The molecule has 0 atom stereocenters. The van der Waals surface area contributed by atoms with Crippen LogP contribution in [0.5, 0.6) is 0 Å². The van der Waals surface area contributed by atoms with E-state index in [4.69, 9.17) is 9.72 Å². The third kappa shape index (κ3) is 4.29. The van der Waals surface area contributed by atoms with Crippen molar-refractivity contribution in [3.05, 3.63) is 47.0 Å². The van der Waals surface area contributed by atoms with Crippen LogP contribution in [0.15, 0.2) is 50.9 Å². The minimum atomic E-state index is 0.00558. The molecule has 28 heavy (non-hydrogen) atoms. The highest BCUT2D eigenvalue weighted by Crippen LogP contribution is 2.36. The molecule has 3 aromatic rings. The number of imidazole rings is 1. The molecule has 0 aliphatic carbocycles. The maximum absolute atomic E-state index is 5.55. The Hall–Kier alpha value is -1.37. The van der Waals surface area contributed by atoms with Crippen molar-refractivity contribution in [2.24, 2.45) is 5.92 Å². The zero-order chi connectivity index (χ0) is 19.7. The summed E-state index contributed by atoms with van der Waals surface area (Å²) >= 11 is 5.32. The second kappa shape index (κ2) is 8.17. The molecule has 0 bridgehead atoms. The Bertz CT molecular complexity index is 974. The van der Waals surface area contributed by atoms with Gasteiger partial charge in [-0.1, -0.05) is 32.5 Å². The van der Waals surface area contributed by atoms with E-state index in [1.54, 1.807) is 11.8 Å². The van der Waals surface area contributed by atoms with Gasteiger partial charge in [0, 0.05) is 51.8 Å². The second-order valence-corrected chi connectivity index (χ2v) is 10.4. The topological polar surface area (TPSA) is 39.9 Å². The van der Waals surface area contributed by atoms with Crippen molar-refractivity contribution >= 4 is 38.7 Å². The number of halogens is 1. The maximum Gasteiger partial charge on any atom is 0.115 e. The summed E-state index contributed by atoms with van der Waals surface area (Å²) in [6.45, 7) is 9.53. The van der Waals surface area contributed by atoms with Gasteiger partial charge in [-0.3, -0.25) is 4.98 Å². The summed E-state index contributed by atoms with van der Waals surface area (Å²) in [5, 5.41) is 0. The number of aromatic nitrogens is 3. The molecule has 0 radical (unpaired) electrons. The SMILES string of the molecule is CC(C)(C)c1nc2cc(Sc3ccncc3Br)ccc2n1CC1CCOCC1. The number of pyridine rings is 1. The first-order valence-corrected chi connectivity index (χ1v) is 11.4. The lowest BCUT2D eigenvalue weighted by atomic mass is 9.94. The fourth-order valence-electron chi connectivity index (χ4n) is 3.69. The highest BCUT2D eigenvalue weighted by molar-refractivity contribution is 9.10. The number of ether oxygens (including phenoxy) is 1. The summed E-state index contributed by atoms with van der Waals surface area (Å²) in [6.07, 6.45) is 5.92. The molecule has 3 heterocycles. The van der Waals surface area contributed by atoms with E-state index in [1.807, 2.05) is 18.5 Å². The minimum Gasteiger partial charge on any atom is -0.381 e. The molecular formula is C22H26BrN3OS. The minimum absolute atomic E-state index is 0.00558. The van der Waals surface area contributed by atoms with Gasteiger partial charge in [0.1, 0.15) is 5.82 Å². The third-order valence-electron chi connectivity index (χ3n) is 5.14. The van der Waals surface area contributed by atoms with Crippen LogP contribution < -0.4 is 0 Å². The summed E-state index contributed by atoms with van der Waals surface area (Å²) in [7, 11) is 0. The summed E-state index contributed by atoms with van der Waals surface area (Å²) in [5.41, 5.74) is 2.31. The van der Waals surface area contributed by atoms with Crippen molar-refractivity contribution in [1.29, 1.82) is 0 Å². The molecule has 4 nitrogen and oxygen atoms in total. The average Bonchev–Trinajstić information content (AvgIpc) is 3.03. The number of nitrogens with zero attached hydrogens (tertiary/aromatic N) is 3. The lowest BCUT2D eigenvalue weighted by Crippen LogP contribution is -2.25. The van der Waals surface area contributed by atoms with Crippen LogP contribution in [0, 0.1) is 5.92 Å². The normalized spacial score (nSPS) is 16.0. The number of hydrogen-bond donors (Lipinski definition) is 0. The van der Waals surface area contributed by atoms with Gasteiger partial charge in [-0.2, -0.15) is 0 Å². The summed E-state index contributed by atoms with van der Waals surface area (Å²) in [6, 6.07) is 8.68. The number of benzene rings is 1. The fraction of sp³-hybridized carbons (Fsp3) is 0.455. The molecule has 1 fully saturated rings. The fourth-order valence-corrected chi connectivity index (χ4v) is 5.02. The largest absolute Gasteiger partial charge is 0.381 e. The van der Waals surface area contributed by atoms with Crippen LogP contribution in [0.25, 0.3) is 11.0 Å². The molecule has 6 heteroatoms. The number of fused-ring (bicyclic) bond motifs is 1. The first-order chi connectivity index (χ1) is 13.4. The Morgan fingerprint density at radius 3 is 2.71 bits per heavy atom. The summed E-state index contributed by atoms with van der Waals surface area (Å²) in [4.78, 5) is 11.6. The van der Waals surface area contributed by atoms with Crippen LogP contribution in [0.4, 0.5) is 0 Å². The monoisotopic (exact) mass is 459 g/mol. The zero-order valence-corrected chi connectivity index (χ0v) is 19.0. The number of hydrogen-bond acceptors (Lipinski definition) is 4. The third-order valence-corrected chi connectivity index (χ3v) is 7.10. The van der Waals surface area contributed by atoms with Crippen molar-refractivity contribution in [1.82, 2.24) is 14.5 Å². The van der Waals surface area contributed by atoms with Gasteiger partial charge < -0.3 is 9.30 Å². The molecular weight excluding hydrogens is 434 g/mol. The average molecular weight is 460 g/mol. The van der Waals surface area contributed by atoms with Gasteiger partial charge >= 0.3 is 0 Å². The molecule has 0 N–H and O–H groups in total. The van der Waals surface area contributed by atoms with Crippen LogP contribution in [-0.4, -0.2) is 27.7 Å². The van der Waals surface area contributed by atoms with Crippen LogP contribution >= 0.6 is 27.7 Å². The first kappa shape index (κ1) is 19.9. The molecule has 0 unspecified atom stereocenters. The molecule has 2 aromatic heterocycles. The van der Waals surface area contributed by atoms with Crippen molar-refractivity contribution in [2.75, 3.05) is 13.2 Å². The molecule has 148 valence electrons. The standard InChI is InChI=1S/C22H26BrN3OS/c1-22(2,3)21-25-18-12-16(28-20-6-9-24-13-17(20)23)4-5-19(18)26(21)14-15-7-10-27-11-8-15/h4-6,9,12-13,15H,7-8,10-11,14H2,1-3H3. The quantitative estimate of drug-likeness (QED) is 0.474. The van der Waals surface area contributed by atoms with E-state index in [1.165, 1.54) is 16.2 Å². The van der Waals surface area contributed by atoms with Crippen molar-refractivity contribution in [3.63, 3.8) is 0 Å². The summed E-state index contributed by atoms with van der Waals surface area (Å²) in [5.74, 6) is 1.83.